The number of likely N-dealkylation sites (N-methyl/N-ethyl adjacent to an activating group) is 1. The molecule has 1 amide bonds. The first kappa shape index (κ1) is 24.5. The Morgan fingerprint density at radius 2 is 1.84 bits per heavy atom. The summed E-state index contributed by atoms with van der Waals surface area (Å²) < 4.78 is 6.43. The molecule has 31 heavy (non-hydrogen) atoms. The second-order valence-corrected chi connectivity index (χ2v) is 8.19. The molecule has 10 heteroatoms. The van der Waals surface area contributed by atoms with Crippen LogP contribution in [0.5, 0.6) is 5.75 Å². The molecule has 0 spiro atoms. The molecule has 0 aliphatic heterocycles. The first-order valence-corrected chi connectivity index (χ1v) is 10.2. The van der Waals surface area contributed by atoms with Crippen molar-refractivity contribution in [1.29, 1.82) is 0 Å². The second kappa shape index (κ2) is 10.5. The van der Waals surface area contributed by atoms with Gasteiger partial charge < -0.3 is 9.64 Å². The number of hydrogen-bond acceptors (Lipinski definition) is 7. The highest BCUT2D eigenvalue weighted by Crippen LogP contribution is 2.36. The third kappa shape index (κ3) is 5.69. The van der Waals surface area contributed by atoms with Crippen molar-refractivity contribution in [2.24, 2.45) is 0 Å². The number of aryl methyl sites for hydroxylation is 1. The maximum absolute atomic E-state index is 13.2. The molecular weight excluding hydrogens is 440 g/mol. The molecule has 0 aliphatic rings. The molecule has 0 fully saturated rings. The van der Waals surface area contributed by atoms with Crippen LogP contribution in [0.1, 0.15) is 11.1 Å². The lowest BCUT2D eigenvalue weighted by atomic mass is 10.1. The van der Waals surface area contributed by atoms with E-state index in [-0.39, 0.29) is 30.4 Å². The van der Waals surface area contributed by atoms with E-state index in [1.54, 1.807) is 24.1 Å². The molecule has 0 unspecified atom stereocenters. The molecule has 0 saturated carbocycles. The van der Waals surface area contributed by atoms with E-state index in [2.05, 4.69) is 0 Å². The van der Waals surface area contributed by atoms with E-state index >= 15 is 0 Å². The maximum Gasteiger partial charge on any atom is 0.269 e. The quantitative estimate of drug-likeness (QED) is 0.368. The summed E-state index contributed by atoms with van der Waals surface area (Å²) in [7, 11) is 5.50. The molecule has 0 bridgehead atoms. The average Bonchev–Trinajstić information content (AvgIpc) is 3.14. The number of methoxy groups -OCH3 is 1. The third-order valence-electron chi connectivity index (χ3n) is 4.72. The summed E-state index contributed by atoms with van der Waals surface area (Å²) in [5.74, 6) is 0.565. The average molecular weight is 465 g/mol. The molecule has 0 aliphatic carbocycles. The second-order valence-electron chi connectivity index (χ2n) is 7.21. The van der Waals surface area contributed by atoms with Crippen LogP contribution in [-0.2, 0) is 11.2 Å². The lowest BCUT2D eigenvalue weighted by molar-refractivity contribution is -0.384. The Morgan fingerprint density at radius 3 is 2.42 bits per heavy atom. The normalized spacial score (nSPS) is 10.7. The fourth-order valence-corrected chi connectivity index (χ4v) is 4.11. The molecule has 3 rings (SSSR count). The summed E-state index contributed by atoms with van der Waals surface area (Å²) in [5.41, 5.74) is 2.54. The minimum Gasteiger partial charge on any atom is -0.494 e. The van der Waals surface area contributed by atoms with E-state index in [0.717, 1.165) is 21.3 Å². The largest absolute Gasteiger partial charge is 0.494 e. The highest BCUT2D eigenvalue weighted by Gasteiger charge is 2.22. The van der Waals surface area contributed by atoms with Gasteiger partial charge in [-0.3, -0.25) is 19.8 Å². The summed E-state index contributed by atoms with van der Waals surface area (Å²) in [6, 6.07) is 9.92. The van der Waals surface area contributed by atoms with E-state index in [0.29, 0.717) is 24.0 Å². The molecule has 0 radical (unpaired) electrons. The van der Waals surface area contributed by atoms with E-state index in [1.807, 2.05) is 38.1 Å². The Kier molecular flexibility index (Phi) is 8.32. The Morgan fingerprint density at radius 1 is 1.16 bits per heavy atom. The Bertz CT molecular complexity index is 1070. The van der Waals surface area contributed by atoms with Gasteiger partial charge in [0.2, 0.25) is 5.91 Å². The van der Waals surface area contributed by atoms with E-state index in [4.69, 9.17) is 9.72 Å². The predicted molar refractivity (Wildman–Crippen MR) is 126 cm³/mol. The maximum atomic E-state index is 13.2. The number of halogens is 1. The molecule has 0 atom stereocenters. The van der Waals surface area contributed by atoms with Crippen molar-refractivity contribution in [3.8, 4) is 5.75 Å². The van der Waals surface area contributed by atoms with Crippen LogP contribution in [0.15, 0.2) is 36.4 Å². The number of ether oxygens (including phenoxy) is 1. The number of nitro benzene ring substituents is 1. The molecule has 8 nitrogen and oxygen atoms in total. The summed E-state index contributed by atoms with van der Waals surface area (Å²) in [5, 5.41) is 11.5. The number of nitrogens with zero attached hydrogens (tertiary/aromatic N) is 4. The molecule has 166 valence electrons. The first-order chi connectivity index (χ1) is 14.3. The van der Waals surface area contributed by atoms with Gasteiger partial charge in [0.15, 0.2) is 5.13 Å². The zero-order valence-electron chi connectivity index (χ0n) is 17.8. The number of thiazole rings is 1. The number of aromatic nitrogens is 1. The van der Waals surface area contributed by atoms with Crippen LogP contribution < -0.4 is 9.64 Å². The monoisotopic (exact) mass is 464 g/mol. The van der Waals surface area contributed by atoms with Crippen LogP contribution in [-0.4, -0.2) is 55.0 Å². The number of carbonyl (C=O) groups excluding carboxylic acids is 1. The zero-order chi connectivity index (χ0) is 21.8. The van der Waals surface area contributed by atoms with Gasteiger partial charge in [0.1, 0.15) is 11.3 Å². The fraction of sp³-hybridized carbons (Fsp3) is 0.333. The van der Waals surface area contributed by atoms with Gasteiger partial charge in [-0.2, -0.15) is 0 Å². The van der Waals surface area contributed by atoms with E-state index < -0.39 is 4.92 Å². The van der Waals surface area contributed by atoms with Gasteiger partial charge in [-0.25, -0.2) is 4.98 Å². The number of hydrogen-bond donors (Lipinski definition) is 0. The Balaban J connectivity index is 0.00000341. The van der Waals surface area contributed by atoms with Gasteiger partial charge in [-0.1, -0.05) is 29.5 Å². The number of nitro groups is 1. The summed E-state index contributed by atoms with van der Waals surface area (Å²) in [6.07, 6.45) is 0.136. The van der Waals surface area contributed by atoms with Crippen molar-refractivity contribution in [1.82, 2.24) is 9.88 Å². The van der Waals surface area contributed by atoms with Crippen LogP contribution >= 0.6 is 23.7 Å². The minimum atomic E-state index is -0.453. The van der Waals surface area contributed by atoms with Crippen molar-refractivity contribution in [2.45, 2.75) is 13.3 Å². The highest BCUT2D eigenvalue weighted by atomic mass is 35.5. The molecule has 2 aromatic carbocycles. The number of amides is 1. The molecule has 0 N–H and O–H groups in total. The molecule has 0 saturated heterocycles. The summed E-state index contributed by atoms with van der Waals surface area (Å²) >= 11 is 1.46. The number of anilines is 1. The third-order valence-corrected chi connectivity index (χ3v) is 5.93. The first-order valence-electron chi connectivity index (χ1n) is 9.42. The smallest absolute Gasteiger partial charge is 0.269 e. The van der Waals surface area contributed by atoms with Crippen LogP contribution in [0.25, 0.3) is 10.2 Å². The minimum absolute atomic E-state index is 0. The predicted octanol–water partition coefficient (Wildman–Crippen LogP) is 4.08. The number of fused-ring (bicyclic) bond motifs is 1. The zero-order valence-corrected chi connectivity index (χ0v) is 19.5. The van der Waals surface area contributed by atoms with Gasteiger partial charge in [0.25, 0.3) is 5.69 Å². The standard InChI is InChI=1S/C21H24N4O4S.ClH/c1-14-5-10-17(29-4)19-20(14)30-21(22-19)24(12-11-23(2)3)18(26)13-15-6-8-16(9-7-15)25(27)28;/h5-10H,11-13H2,1-4H3;1H. The van der Waals surface area contributed by atoms with E-state index in [9.17, 15) is 14.9 Å². The Hall–Kier alpha value is -2.75. The highest BCUT2D eigenvalue weighted by molar-refractivity contribution is 7.22. The van der Waals surface area contributed by atoms with Crippen molar-refractivity contribution >= 4 is 50.7 Å². The number of carbonyl (C=O) groups is 1. The molecular formula is C21H25ClN4O4S. The van der Waals surface area contributed by atoms with Gasteiger partial charge >= 0.3 is 0 Å². The topological polar surface area (TPSA) is 88.8 Å². The SMILES string of the molecule is COc1ccc(C)c2sc(N(CCN(C)C)C(=O)Cc3ccc([N+](=O)[O-])cc3)nc12.Cl. The fourth-order valence-electron chi connectivity index (χ4n) is 3.01. The van der Waals surface area contributed by atoms with Crippen molar-refractivity contribution < 1.29 is 14.5 Å². The van der Waals surface area contributed by atoms with Crippen molar-refractivity contribution in [2.75, 3.05) is 39.2 Å². The molecule has 1 aromatic heterocycles. The summed E-state index contributed by atoms with van der Waals surface area (Å²) in [4.78, 5) is 32.0. The Labute approximate surface area is 191 Å². The van der Waals surface area contributed by atoms with Crippen LogP contribution in [0.4, 0.5) is 10.8 Å². The lowest BCUT2D eigenvalue weighted by Crippen LogP contribution is -2.37. The van der Waals surface area contributed by atoms with Crippen LogP contribution in [0, 0.1) is 17.0 Å². The number of benzene rings is 2. The molecule has 3 aromatic rings. The number of rotatable bonds is 8. The van der Waals surface area contributed by atoms with Crippen molar-refractivity contribution in [3.63, 3.8) is 0 Å². The van der Waals surface area contributed by atoms with Crippen molar-refractivity contribution in [3.05, 3.63) is 57.6 Å². The van der Waals surface area contributed by atoms with Gasteiger partial charge in [-0.15, -0.1) is 12.4 Å². The summed E-state index contributed by atoms with van der Waals surface area (Å²) in [6.45, 7) is 3.17. The van der Waals surface area contributed by atoms with Crippen LogP contribution in [0.2, 0.25) is 0 Å². The van der Waals surface area contributed by atoms with Gasteiger partial charge in [0, 0.05) is 25.2 Å². The molecule has 1 heterocycles. The lowest BCUT2D eigenvalue weighted by Gasteiger charge is -2.22. The van der Waals surface area contributed by atoms with Crippen LogP contribution in [0.3, 0.4) is 0 Å². The van der Waals surface area contributed by atoms with Gasteiger partial charge in [0.05, 0.1) is 23.2 Å². The van der Waals surface area contributed by atoms with E-state index in [1.165, 1.54) is 23.5 Å². The van der Waals surface area contributed by atoms with Gasteiger partial charge in [-0.05, 0) is 38.2 Å². The number of non-ortho nitro benzene ring substituents is 1.